The summed E-state index contributed by atoms with van der Waals surface area (Å²) < 4.78 is 1.43. The van der Waals surface area contributed by atoms with Gasteiger partial charge in [0.05, 0.1) is 0 Å². The molecule has 0 aliphatic carbocycles. The van der Waals surface area contributed by atoms with Crippen molar-refractivity contribution in [2.75, 3.05) is 12.0 Å². The van der Waals surface area contributed by atoms with E-state index in [4.69, 9.17) is 5.11 Å². The van der Waals surface area contributed by atoms with E-state index in [1.165, 1.54) is 4.57 Å². The van der Waals surface area contributed by atoms with Crippen LogP contribution in [0.15, 0.2) is 18.3 Å². The molecular weight excluding hydrogens is 252 g/mol. The first-order valence-electron chi connectivity index (χ1n) is 5.71. The van der Waals surface area contributed by atoms with Gasteiger partial charge in [0.2, 0.25) is 0 Å². The third-order valence-corrected chi connectivity index (χ3v) is 3.14. The summed E-state index contributed by atoms with van der Waals surface area (Å²) in [4.78, 5) is 22.6. The van der Waals surface area contributed by atoms with Crippen molar-refractivity contribution in [3.05, 3.63) is 24.0 Å². The van der Waals surface area contributed by atoms with E-state index < -0.39 is 5.97 Å². The minimum atomic E-state index is -0.962. The highest BCUT2D eigenvalue weighted by Gasteiger charge is 2.14. The average molecular weight is 270 g/mol. The lowest BCUT2D eigenvalue weighted by Gasteiger charge is -2.14. The van der Waals surface area contributed by atoms with Crippen LogP contribution in [0, 0.1) is 0 Å². The number of amides is 1. The minimum absolute atomic E-state index is 0.0816. The number of hydrogen-bond donors (Lipinski definition) is 2. The molecule has 0 aliphatic rings. The molecule has 1 atom stereocenters. The number of carboxylic acids is 1. The van der Waals surface area contributed by atoms with Crippen molar-refractivity contribution in [2.24, 2.45) is 0 Å². The van der Waals surface area contributed by atoms with E-state index in [0.29, 0.717) is 5.69 Å². The Morgan fingerprint density at radius 2 is 2.28 bits per heavy atom. The second-order valence-corrected chi connectivity index (χ2v) is 5.06. The Morgan fingerprint density at radius 1 is 1.56 bits per heavy atom. The lowest BCUT2D eigenvalue weighted by Crippen LogP contribution is -2.34. The number of carbonyl (C=O) groups is 2. The van der Waals surface area contributed by atoms with Gasteiger partial charge in [0.15, 0.2) is 0 Å². The smallest absolute Gasteiger partial charge is 0.323 e. The fraction of sp³-hybridized carbons (Fsp3) is 0.500. The molecule has 18 heavy (non-hydrogen) atoms. The second-order valence-electron chi connectivity index (χ2n) is 4.07. The number of rotatable bonds is 7. The zero-order chi connectivity index (χ0) is 13.5. The van der Waals surface area contributed by atoms with Gasteiger partial charge in [-0.3, -0.25) is 9.59 Å². The van der Waals surface area contributed by atoms with Crippen LogP contribution in [0.4, 0.5) is 0 Å². The van der Waals surface area contributed by atoms with Crippen LogP contribution in [0.3, 0.4) is 0 Å². The number of aliphatic carboxylic acids is 1. The van der Waals surface area contributed by atoms with E-state index in [9.17, 15) is 9.59 Å². The SMILES string of the molecule is CSCCC(C)NC(=O)c1cccn1CC(=O)O. The number of aromatic nitrogens is 1. The number of nitrogens with zero attached hydrogens (tertiary/aromatic N) is 1. The Kier molecular flexibility index (Phi) is 5.77. The van der Waals surface area contributed by atoms with Gasteiger partial charge in [-0.2, -0.15) is 11.8 Å². The van der Waals surface area contributed by atoms with Crippen LogP contribution < -0.4 is 5.32 Å². The van der Waals surface area contributed by atoms with Crippen molar-refractivity contribution in [3.63, 3.8) is 0 Å². The van der Waals surface area contributed by atoms with Crippen molar-refractivity contribution in [1.82, 2.24) is 9.88 Å². The number of hydrogen-bond acceptors (Lipinski definition) is 3. The topological polar surface area (TPSA) is 71.3 Å². The molecule has 5 nitrogen and oxygen atoms in total. The van der Waals surface area contributed by atoms with Crippen molar-refractivity contribution >= 4 is 23.6 Å². The fourth-order valence-electron chi connectivity index (χ4n) is 1.57. The van der Waals surface area contributed by atoms with Gasteiger partial charge in [-0.1, -0.05) is 0 Å². The van der Waals surface area contributed by atoms with E-state index in [0.717, 1.165) is 12.2 Å². The summed E-state index contributed by atoms with van der Waals surface area (Å²) in [6.07, 6.45) is 4.51. The molecule has 1 heterocycles. The maximum atomic E-state index is 11.9. The number of carbonyl (C=O) groups excluding carboxylic acids is 1. The van der Waals surface area contributed by atoms with Gasteiger partial charge in [-0.25, -0.2) is 0 Å². The summed E-state index contributed by atoms with van der Waals surface area (Å²) in [5.41, 5.74) is 0.383. The largest absolute Gasteiger partial charge is 0.480 e. The van der Waals surface area contributed by atoms with Crippen LogP contribution >= 0.6 is 11.8 Å². The molecule has 0 aromatic carbocycles. The number of thioether (sulfide) groups is 1. The van der Waals surface area contributed by atoms with Crippen LogP contribution in [-0.4, -0.2) is 39.6 Å². The Balaban J connectivity index is 2.61. The summed E-state index contributed by atoms with van der Waals surface area (Å²) in [5.74, 6) is -0.206. The van der Waals surface area contributed by atoms with Gasteiger partial charge in [-0.05, 0) is 37.5 Å². The van der Waals surface area contributed by atoms with E-state index >= 15 is 0 Å². The van der Waals surface area contributed by atoms with E-state index in [-0.39, 0.29) is 18.5 Å². The van der Waals surface area contributed by atoms with Gasteiger partial charge in [-0.15, -0.1) is 0 Å². The van der Waals surface area contributed by atoms with Crippen molar-refractivity contribution in [1.29, 1.82) is 0 Å². The standard InChI is InChI=1S/C12H18N2O3S/c1-9(5-7-18-2)13-12(17)10-4-3-6-14(10)8-11(15)16/h3-4,6,9H,5,7-8H2,1-2H3,(H,13,17)(H,15,16). The second kappa shape index (κ2) is 7.10. The normalized spacial score (nSPS) is 12.1. The molecule has 2 N–H and O–H groups in total. The van der Waals surface area contributed by atoms with Gasteiger partial charge < -0.3 is 15.0 Å². The number of nitrogens with one attached hydrogen (secondary N) is 1. The first-order valence-corrected chi connectivity index (χ1v) is 7.10. The molecule has 1 unspecified atom stereocenters. The Bertz CT molecular complexity index is 417. The summed E-state index contributed by atoms with van der Waals surface area (Å²) in [5, 5.41) is 11.6. The van der Waals surface area contributed by atoms with Gasteiger partial charge in [0.25, 0.3) is 5.91 Å². The third-order valence-electron chi connectivity index (χ3n) is 2.50. The van der Waals surface area contributed by atoms with Crippen molar-refractivity contribution < 1.29 is 14.7 Å². The summed E-state index contributed by atoms with van der Waals surface area (Å²) in [6.45, 7) is 1.74. The lowest BCUT2D eigenvalue weighted by molar-refractivity contribution is -0.137. The van der Waals surface area contributed by atoms with E-state index in [1.54, 1.807) is 30.1 Å². The quantitative estimate of drug-likeness (QED) is 0.786. The molecule has 0 radical (unpaired) electrons. The highest BCUT2D eigenvalue weighted by molar-refractivity contribution is 7.98. The molecule has 1 aromatic rings. The average Bonchev–Trinajstić information content (AvgIpc) is 2.73. The molecule has 0 bridgehead atoms. The zero-order valence-electron chi connectivity index (χ0n) is 10.5. The fourth-order valence-corrected chi connectivity index (χ4v) is 2.16. The molecule has 1 aromatic heterocycles. The molecule has 0 fully saturated rings. The summed E-state index contributed by atoms with van der Waals surface area (Å²) >= 11 is 1.73. The molecule has 100 valence electrons. The maximum Gasteiger partial charge on any atom is 0.323 e. The maximum absolute atomic E-state index is 11.9. The molecule has 0 saturated heterocycles. The minimum Gasteiger partial charge on any atom is -0.480 e. The van der Waals surface area contributed by atoms with Crippen LogP contribution in [-0.2, 0) is 11.3 Å². The van der Waals surface area contributed by atoms with Gasteiger partial charge in [0.1, 0.15) is 12.2 Å². The summed E-state index contributed by atoms with van der Waals surface area (Å²) in [6, 6.07) is 3.38. The van der Waals surface area contributed by atoms with Crippen LogP contribution in [0.25, 0.3) is 0 Å². The number of carboxylic acid groups (broad SMARTS) is 1. The van der Waals surface area contributed by atoms with Crippen molar-refractivity contribution in [3.8, 4) is 0 Å². The van der Waals surface area contributed by atoms with Crippen LogP contribution in [0.5, 0.6) is 0 Å². The summed E-state index contributed by atoms with van der Waals surface area (Å²) in [7, 11) is 0. The highest BCUT2D eigenvalue weighted by atomic mass is 32.2. The Labute approximate surface area is 111 Å². The van der Waals surface area contributed by atoms with Gasteiger partial charge >= 0.3 is 5.97 Å². The predicted molar refractivity (Wildman–Crippen MR) is 72.0 cm³/mol. The first-order chi connectivity index (χ1) is 8.54. The predicted octanol–water partition coefficient (Wildman–Crippen LogP) is 1.44. The molecule has 0 aliphatic heterocycles. The molecular formula is C12H18N2O3S. The molecule has 6 heteroatoms. The molecule has 1 rings (SSSR count). The van der Waals surface area contributed by atoms with E-state index in [1.807, 2.05) is 13.2 Å². The third kappa shape index (κ3) is 4.44. The Hall–Kier alpha value is -1.43. The zero-order valence-corrected chi connectivity index (χ0v) is 11.4. The van der Waals surface area contributed by atoms with Crippen LogP contribution in [0.2, 0.25) is 0 Å². The van der Waals surface area contributed by atoms with Crippen molar-refractivity contribution in [2.45, 2.75) is 25.9 Å². The highest BCUT2D eigenvalue weighted by Crippen LogP contribution is 2.05. The van der Waals surface area contributed by atoms with Crippen LogP contribution in [0.1, 0.15) is 23.8 Å². The molecule has 1 amide bonds. The van der Waals surface area contributed by atoms with E-state index in [2.05, 4.69) is 5.32 Å². The first kappa shape index (κ1) is 14.6. The lowest BCUT2D eigenvalue weighted by atomic mass is 10.2. The van der Waals surface area contributed by atoms with Gasteiger partial charge in [0, 0.05) is 12.2 Å². The monoisotopic (exact) mass is 270 g/mol. The molecule has 0 spiro atoms. The molecule has 0 saturated carbocycles. The Morgan fingerprint density at radius 3 is 2.89 bits per heavy atom.